The van der Waals surface area contributed by atoms with Crippen molar-refractivity contribution in [2.24, 2.45) is 5.92 Å². The standard InChI is InChI=1S/C13H20Cl2N2O/c1-4-18-7-13(8(2)3)17-12-6-10(15)9(14)5-11(12)16/h5-6,8,13,17H,4,7,16H2,1-3H3. The molecular formula is C13H20Cl2N2O. The van der Waals surface area contributed by atoms with Crippen molar-refractivity contribution in [2.75, 3.05) is 24.3 Å². The lowest BCUT2D eigenvalue weighted by Crippen LogP contribution is -2.31. The Kier molecular flexibility index (Phi) is 6.06. The predicted molar refractivity (Wildman–Crippen MR) is 79.6 cm³/mol. The smallest absolute Gasteiger partial charge is 0.0670 e. The summed E-state index contributed by atoms with van der Waals surface area (Å²) in [6, 6.07) is 3.59. The van der Waals surface area contributed by atoms with E-state index in [2.05, 4.69) is 19.2 Å². The molecule has 1 unspecified atom stereocenters. The number of rotatable bonds is 6. The summed E-state index contributed by atoms with van der Waals surface area (Å²) in [5.41, 5.74) is 7.30. The fourth-order valence-corrected chi connectivity index (χ4v) is 1.87. The van der Waals surface area contributed by atoms with Crippen LogP contribution in [0.25, 0.3) is 0 Å². The molecule has 18 heavy (non-hydrogen) atoms. The Labute approximate surface area is 119 Å². The first kappa shape index (κ1) is 15.4. The number of anilines is 2. The minimum atomic E-state index is 0.185. The van der Waals surface area contributed by atoms with Gasteiger partial charge in [0.05, 0.1) is 34.1 Å². The molecule has 0 radical (unpaired) electrons. The topological polar surface area (TPSA) is 47.3 Å². The zero-order valence-corrected chi connectivity index (χ0v) is 12.5. The normalized spacial score (nSPS) is 12.8. The van der Waals surface area contributed by atoms with E-state index in [0.29, 0.717) is 34.9 Å². The minimum absolute atomic E-state index is 0.185. The van der Waals surface area contributed by atoms with E-state index in [9.17, 15) is 0 Å². The Hall–Kier alpha value is -0.640. The van der Waals surface area contributed by atoms with Gasteiger partial charge in [-0.15, -0.1) is 0 Å². The summed E-state index contributed by atoms with van der Waals surface area (Å²) in [5.74, 6) is 0.422. The van der Waals surface area contributed by atoms with Crippen LogP contribution in [-0.4, -0.2) is 19.3 Å². The maximum atomic E-state index is 5.99. The predicted octanol–water partition coefficient (Wildman–Crippen LogP) is 4.05. The number of nitrogens with one attached hydrogen (secondary N) is 1. The fraction of sp³-hybridized carbons (Fsp3) is 0.538. The number of ether oxygens (including phenoxy) is 1. The molecule has 3 nitrogen and oxygen atoms in total. The molecule has 1 rings (SSSR count). The van der Waals surface area contributed by atoms with Gasteiger partial charge >= 0.3 is 0 Å². The Balaban J connectivity index is 2.83. The zero-order valence-electron chi connectivity index (χ0n) is 11.0. The average molecular weight is 291 g/mol. The molecule has 0 aliphatic heterocycles. The number of benzene rings is 1. The van der Waals surface area contributed by atoms with Gasteiger partial charge in [0.1, 0.15) is 0 Å². The van der Waals surface area contributed by atoms with Crippen LogP contribution in [0.5, 0.6) is 0 Å². The van der Waals surface area contributed by atoms with Crippen LogP contribution in [0.2, 0.25) is 10.0 Å². The van der Waals surface area contributed by atoms with Gasteiger partial charge in [0.15, 0.2) is 0 Å². The van der Waals surface area contributed by atoms with Crippen LogP contribution in [0.15, 0.2) is 12.1 Å². The molecule has 0 aliphatic carbocycles. The fourth-order valence-electron chi connectivity index (χ4n) is 1.53. The molecule has 0 spiro atoms. The van der Waals surface area contributed by atoms with Crippen LogP contribution in [0, 0.1) is 5.92 Å². The lowest BCUT2D eigenvalue weighted by atomic mass is 10.0. The highest BCUT2D eigenvalue weighted by Crippen LogP contribution is 2.31. The van der Waals surface area contributed by atoms with E-state index in [1.165, 1.54) is 0 Å². The third-order valence-corrected chi connectivity index (χ3v) is 3.46. The summed E-state index contributed by atoms with van der Waals surface area (Å²) in [4.78, 5) is 0. The number of hydrogen-bond donors (Lipinski definition) is 2. The molecule has 1 aromatic rings. The van der Waals surface area contributed by atoms with Crippen LogP contribution >= 0.6 is 23.2 Å². The third kappa shape index (κ3) is 4.23. The number of nitrogen functional groups attached to an aromatic ring is 1. The van der Waals surface area contributed by atoms with Gasteiger partial charge in [-0.2, -0.15) is 0 Å². The van der Waals surface area contributed by atoms with E-state index in [1.807, 2.05) is 6.92 Å². The Morgan fingerprint density at radius 2 is 1.89 bits per heavy atom. The molecule has 0 aromatic heterocycles. The van der Waals surface area contributed by atoms with Crippen LogP contribution in [-0.2, 0) is 4.74 Å². The molecule has 0 amide bonds. The molecule has 0 fully saturated rings. The summed E-state index contributed by atoms with van der Waals surface area (Å²) < 4.78 is 5.46. The Morgan fingerprint density at radius 1 is 1.28 bits per heavy atom. The van der Waals surface area contributed by atoms with Crippen molar-refractivity contribution in [1.29, 1.82) is 0 Å². The molecule has 3 N–H and O–H groups in total. The highest BCUT2D eigenvalue weighted by molar-refractivity contribution is 6.42. The maximum absolute atomic E-state index is 5.99. The molecule has 0 saturated heterocycles. The van der Waals surface area contributed by atoms with Crippen molar-refractivity contribution >= 4 is 34.6 Å². The second kappa shape index (κ2) is 7.07. The van der Waals surface area contributed by atoms with Crippen molar-refractivity contribution in [2.45, 2.75) is 26.8 Å². The monoisotopic (exact) mass is 290 g/mol. The first-order valence-corrected chi connectivity index (χ1v) is 6.80. The first-order chi connectivity index (χ1) is 8.45. The van der Waals surface area contributed by atoms with E-state index in [4.69, 9.17) is 33.7 Å². The SMILES string of the molecule is CCOCC(Nc1cc(Cl)c(Cl)cc1N)C(C)C. The van der Waals surface area contributed by atoms with Crippen molar-refractivity contribution in [3.05, 3.63) is 22.2 Å². The quantitative estimate of drug-likeness (QED) is 0.777. The van der Waals surface area contributed by atoms with Crippen molar-refractivity contribution < 1.29 is 4.74 Å². The molecule has 0 bridgehead atoms. The second-order valence-electron chi connectivity index (χ2n) is 4.51. The molecule has 0 saturated carbocycles. The molecule has 1 atom stereocenters. The Bertz CT molecular complexity index is 397. The lowest BCUT2D eigenvalue weighted by molar-refractivity contribution is 0.127. The van der Waals surface area contributed by atoms with E-state index >= 15 is 0 Å². The zero-order chi connectivity index (χ0) is 13.7. The van der Waals surface area contributed by atoms with Gasteiger partial charge in [-0.1, -0.05) is 37.0 Å². The van der Waals surface area contributed by atoms with Crippen LogP contribution in [0.1, 0.15) is 20.8 Å². The van der Waals surface area contributed by atoms with Crippen molar-refractivity contribution in [1.82, 2.24) is 0 Å². The van der Waals surface area contributed by atoms with E-state index in [0.717, 1.165) is 5.69 Å². The molecule has 5 heteroatoms. The van der Waals surface area contributed by atoms with Gasteiger partial charge in [-0.25, -0.2) is 0 Å². The molecule has 0 heterocycles. The van der Waals surface area contributed by atoms with Gasteiger partial charge in [-0.3, -0.25) is 0 Å². The highest BCUT2D eigenvalue weighted by atomic mass is 35.5. The van der Waals surface area contributed by atoms with Crippen LogP contribution in [0.4, 0.5) is 11.4 Å². The van der Waals surface area contributed by atoms with E-state index < -0.39 is 0 Å². The van der Waals surface area contributed by atoms with Gasteiger partial charge in [0.2, 0.25) is 0 Å². The van der Waals surface area contributed by atoms with E-state index in [-0.39, 0.29) is 6.04 Å². The van der Waals surface area contributed by atoms with E-state index in [1.54, 1.807) is 12.1 Å². The van der Waals surface area contributed by atoms with Crippen LogP contribution in [0.3, 0.4) is 0 Å². The molecule has 0 aliphatic rings. The summed E-state index contributed by atoms with van der Waals surface area (Å²) in [6.07, 6.45) is 0. The van der Waals surface area contributed by atoms with Gasteiger partial charge in [-0.05, 0) is 25.0 Å². The van der Waals surface area contributed by atoms with Gasteiger partial charge in [0, 0.05) is 6.61 Å². The van der Waals surface area contributed by atoms with Gasteiger partial charge in [0.25, 0.3) is 0 Å². The molecule has 102 valence electrons. The maximum Gasteiger partial charge on any atom is 0.0670 e. The average Bonchev–Trinajstić information content (AvgIpc) is 2.30. The second-order valence-corrected chi connectivity index (χ2v) is 5.32. The number of nitrogens with two attached hydrogens (primary N) is 1. The first-order valence-electron chi connectivity index (χ1n) is 6.04. The minimum Gasteiger partial charge on any atom is -0.397 e. The molecular weight excluding hydrogens is 271 g/mol. The summed E-state index contributed by atoms with van der Waals surface area (Å²) in [6.45, 7) is 7.56. The Morgan fingerprint density at radius 3 is 2.44 bits per heavy atom. The number of hydrogen-bond acceptors (Lipinski definition) is 3. The van der Waals surface area contributed by atoms with Crippen molar-refractivity contribution in [3.8, 4) is 0 Å². The summed E-state index contributed by atoms with van der Waals surface area (Å²) in [7, 11) is 0. The molecule has 1 aromatic carbocycles. The van der Waals surface area contributed by atoms with Crippen molar-refractivity contribution in [3.63, 3.8) is 0 Å². The highest BCUT2D eigenvalue weighted by Gasteiger charge is 2.15. The van der Waals surface area contributed by atoms with Crippen LogP contribution < -0.4 is 11.1 Å². The third-order valence-electron chi connectivity index (χ3n) is 2.74. The van der Waals surface area contributed by atoms with Gasteiger partial charge < -0.3 is 15.8 Å². The number of halogens is 2. The lowest BCUT2D eigenvalue weighted by Gasteiger charge is -2.24. The largest absolute Gasteiger partial charge is 0.397 e. The summed E-state index contributed by atoms with van der Waals surface area (Å²) >= 11 is 11.9. The summed E-state index contributed by atoms with van der Waals surface area (Å²) in [5, 5.41) is 4.31.